The number of nitrogens with two attached hydrogens (primary N) is 1. The van der Waals surface area contributed by atoms with Crippen molar-refractivity contribution in [2.75, 3.05) is 12.0 Å². The Hall–Kier alpha value is -0.280. The van der Waals surface area contributed by atoms with Gasteiger partial charge in [0, 0.05) is 12.3 Å². The average molecular weight is 158 g/mol. The number of hydrogen-bond donors (Lipinski definition) is 2. The zero-order valence-corrected chi connectivity index (χ0v) is 7.08. The third kappa shape index (κ3) is 3.69. The topological polar surface area (TPSA) is 49.9 Å². The SMILES string of the molecule is C=C(C=N)C(N)CCSC. The van der Waals surface area contributed by atoms with Crippen molar-refractivity contribution in [2.45, 2.75) is 12.5 Å². The summed E-state index contributed by atoms with van der Waals surface area (Å²) in [5, 5.41) is 6.86. The van der Waals surface area contributed by atoms with Crippen LogP contribution in [0.5, 0.6) is 0 Å². The summed E-state index contributed by atoms with van der Waals surface area (Å²) < 4.78 is 0. The second kappa shape index (κ2) is 5.50. The molecule has 10 heavy (non-hydrogen) atoms. The minimum Gasteiger partial charge on any atom is -0.324 e. The maximum Gasteiger partial charge on any atom is 0.0311 e. The lowest BCUT2D eigenvalue weighted by atomic mass is 10.1. The standard InChI is InChI=1S/C7H14N2S/c1-6(5-8)7(9)3-4-10-2/h5,7-8H,1,3-4,9H2,2H3. The van der Waals surface area contributed by atoms with Crippen molar-refractivity contribution < 1.29 is 0 Å². The molecule has 3 N–H and O–H groups in total. The van der Waals surface area contributed by atoms with Gasteiger partial charge in [-0.15, -0.1) is 0 Å². The first kappa shape index (κ1) is 9.72. The molecule has 3 heteroatoms. The average Bonchev–Trinajstić information content (AvgIpc) is 1.98. The lowest BCUT2D eigenvalue weighted by Crippen LogP contribution is -2.23. The van der Waals surface area contributed by atoms with Gasteiger partial charge in [-0.3, -0.25) is 0 Å². The maximum absolute atomic E-state index is 6.86. The summed E-state index contributed by atoms with van der Waals surface area (Å²) in [5.41, 5.74) is 6.37. The summed E-state index contributed by atoms with van der Waals surface area (Å²) in [5.74, 6) is 1.04. The number of nitrogens with one attached hydrogen (secondary N) is 1. The molecule has 1 unspecified atom stereocenters. The molecule has 0 fully saturated rings. The van der Waals surface area contributed by atoms with Crippen LogP contribution in [0.1, 0.15) is 6.42 Å². The smallest absolute Gasteiger partial charge is 0.0311 e. The van der Waals surface area contributed by atoms with E-state index >= 15 is 0 Å². The Morgan fingerprint density at radius 1 is 1.90 bits per heavy atom. The van der Waals surface area contributed by atoms with Gasteiger partial charge in [0.25, 0.3) is 0 Å². The van der Waals surface area contributed by atoms with Crippen LogP contribution in [0.3, 0.4) is 0 Å². The number of thioether (sulfide) groups is 1. The minimum absolute atomic E-state index is 0.0232. The maximum atomic E-state index is 6.86. The molecule has 0 aliphatic heterocycles. The molecule has 0 heterocycles. The Morgan fingerprint density at radius 2 is 2.50 bits per heavy atom. The van der Waals surface area contributed by atoms with Crippen LogP contribution in [-0.4, -0.2) is 24.3 Å². The van der Waals surface area contributed by atoms with Crippen molar-refractivity contribution in [3.8, 4) is 0 Å². The van der Waals surface area contributed by atoms with Gasteiger partial charge in [-0.2, -0.15) is 11.8 Å². The van der Waals surface area contributed by atoms with Crippen LogP contribution in [0.15, 0.2) is 12.2 Å². The van der Waals surface area contributed by atoms with Gasteiger partial charge in [0.1, 0.15) is 0 Å². The highest BCUT2D eigenvalue weighted by Gasteiger charge is 2.02. The third-order valence-corrected chi connectivity index (χ3v) is 1.94. The van der Waals surface area contributed by atoms with Gasteiger partial charge in [0.15, 0.2) is 0 Å². The Labute approximate surface area is 66.4 Å². The summed E-state index contributed by atoms with van der Waals surface area (Å²) >= 11 is 1.76. The third-order valence-electron chi connectivity index (χ3n) is 1.29. The Balaban J connectivity index is 3.51. The van der Waals surface area contributed by atoms with Crippen LogP contribution in [-0.2, 0) is 0 Å². The molecule has 1 atom stereocenters. The molecule has 0 saturated carbocycles. The minimum atomic E-state index is -0.0232. The van der Waals surface area contributed by atoms with Crippen molar-refractivity contribution in [1.29, 1.82) is 5.41 Å². The van der Waals surface area contributed by atoms with Crippen molar-refractivity contribution in [2.24, 2.45) is 5.73 Å². The van der Waals surface area contributed by atoms with Crippen molar-refractivity contribution in [3.63, 3.8) is 0 Å². The van der Waals surface area contributed by atoms with E-state index in [1.165, 1.54) is 6.21 Å². The van der Waals surface area contributed by atoms with Crippen LogP contribution >= 0.6 is 11.8 Å². The summed E-state index contributed by atoms with van der Waals surface area (Å²) in [4.78, 5) is 0. The normalized spacial score (nSPS) is 12.6. The Bertz CT molecular complexity index is 123. The van der Waals surface area contributed by atoms with E-state index in [-0.39, 0.29) is 6.04 Å². The van der Waals surface area contributed by atoms with E-state index in [4.69, 9.17) is 11.1 Å². The zero-order chi connectivity index (χ0) is 7.98. The largest absolute Gasteiger partial charge is 0.324 e. The predicted molar refractivity (Wildman–Crippen MR) is 48.9 cm³/mol. The molecule has 0 bridgehead atoms. The highest BCUT2D eigenvalue weighted by Crippen LogP contribution is 2.03. The molecular weight excluding hydrogens is 144 g/mol. The Morgan fingerprint density at radius 3 is 2.90 bits per heavy atom. The fourth-order valence-electron chi connectivity index (χ4n) is 0.537. The fourth-order valence-corrected chi connectivity index (χ4v) is 1.03. The lowest BCUT2D eigenvalue weighted by molar-refractivity contribution is 0.775. The molecule has 0 spiro atoms. The first-order chi connectivity index (χ1) is 4.72. The molecular formula is C7H14N2S. The van der Waals surface area contributed by atoms with Crippen LogP contribution < -0.4 is 5.73 Å². The first-order valence-electron chi connectivity index (χ1n) is 3.16. The molecule has 0 aliphatic rings. The number of rotatable bonds is 5. The molecule has 0 aliphatic carbocycles. The lowest BCUT2D eigenvalue weighted by Gasteiger charge is -2.08. The fraction of sp³-hybridized carbons (Fsp3) is 0.571. The molecule has 0 aromatic carbocycles. The van der Waals surface area contributed by atoms with E-state index in [1.807, 2.05) is 6.26 Å². The summed E-state index contributed by atoms with van der Waals surface area (Å²) in [6.45, 7) is 3.65. The van der Waals surface area contributed by atoms with Crippen molar-refractivity contribution >= 4 is 18.0 Å². The van der Waals surface area contributed by atoms with Gasteiger partial charge in [-0.25, -0.2) is 0 Å². The summed E-state index contributed by atoms with van der Waals surface area (Å²) in [6, 6.07) is -0.0232. The molecule has 0 aromatic heterocycles. The van der Waals surface area contributed by atoms with Crippen LogP contribution in [0.2, 0.25) is 0 Å². The highest BCUT2D eigenvalue weighted by atomic mass is 32.2. The van der Waals surface area contributed by atoms with E-state index in [2.05, 4.69) is 6.58 Å². The molecule has 0 amide bonds. The van der Waals surface area contributed by atoms with Crippen LogP contribution in [0, 0.1) is 5.41 Å². The van der Waals surface area contributed by atoms with Crippen molar-refractivity contribution in [3.05, 3.63) is 12.2 Å². The van der Waals surface area contributed by atoms with Gasteiger partial charge in [-0.1, -0.05) is 6.58 Å². The molecule has 0 saturated heterocycles. The summed E-state index contributed by atoms with van der Waals surface area (Å²) in [7, 11) is 0. The second-order valence-corrected chi connectivity index (χ2v) is 3.09. The van der Waals surface area contributed by atoms with E-state index in [0.717, 1.165) is 12.2 Å². The zero-order valence-electron chi connectivity index (χ0n) is 6.26. The van der Waals surface area contributed by atoms with Gasteiger partial charge >= 0.3 is 0 Å². The molecule has 0 radical (unpaired) electrons. The first-order valence-corrected chi connectivity index (χ1v) is 4.55. The molecule has 2 nitrogen and oxygen atoms in total. The number of hydrogen-bond acceptors (Lipinski definition) is 3. The van der Waals surface area contributed by atoms with Crippen molar-refractivity contribution in [1.82, 2.24) is 0 Å². The molecule has 0 aromatic rings. The van der Waals surface area contributed by atoms with E-state index in [0.29, 0.717) is 5.57 Å². The summed E-state index contributed by atoms with van der Waals surface area (Å²) in [6.07, 6.45) is 4.18. The van der Waals surface area contributed by atoms with E-state index < -0.39 is 0 Å². The van der Waals surface area contributed by atoms with Gasteiger partial charge in [-0.05, 0) is 24.0 Å². The second-order valence-electron chi connectivity index (χ2n) is 2.11. The van der Waals surface area contributed by atoms with Gasteiger partial charge in [0.2, 0.25) is 0 Å². The Kier molecular flexibility index (Phi) is 5.35. The van der Waals surface area contributed by atoms with E-state index in [1.54, 1.807) is 11.8 Å². The van der Waals surface area contributed by atoms with E-state index in [9.17, 15) is 0 Å². The van der Waals surface area contributed by atoms with Gasteiger partial charge < -0.3 is 11.1 Å². The monoisotopic (exact) mass is 158 g/mol. The molecule has 0 rings (SSSR count). The highest BCUT2D eigenvalue weighted by molar-refractivity contribution is 7.98. The van der Waals surface area contributed by atoms with Crippen LogP contribution in [0.4, 0.5) is 0 Å². The molecule has 58 valence electrons. The van der Waals surface area contributed by atoms with Gasteiger partial charge in [0.05, 0.1) is 0 Å². The predicted octanol–water partition coefficient (Wildman–Crippen LogP) is 1.27. The van der Waals surface area contributed by atoms with Crippen LogP contribution in [0.25, 0.3) is 0 Å². The quantitative estimate of drug-likeness (QED) is 0.592.